The SMILES string of the molecule is CC1(C)CC(=O)c2c(n(CCCCCCC(=O)O)c3c(Cl)cc(Cl)cc23)C1. The molecule has 1 aromatic heterocycles. The Morgan fingerprint density at radius 3 is 2.56 bits per heavy atom. The van der Waals surface area contributed by atoms with Crippen LogP contribution in [0.5, 0.6) is 0 Å². The number of aromatic nitrogens is 1. The van der Waals surface area contributed by atoms with E-state index in [0.717, 1.165) is 54.4 Å². The van der Waals surface area contributed by atoms with Gasteiger partial charge in [-0.05, 0) is 36.8 Å². The molecule has 27 heavy (non-hydrogen) atoms. The summed E-state index contributed by atoms with van der Waals surface area (Å²) in [6.45, 7) is 5.01. The first-order valence-corrected chi connectivity index (χ1v) is 10.2. The minimum Gasteiger partial charge on any atom is -0.481 e. The molecule has 146 valence electrons. The third-order valence-corrected chi connectivity index (χ3v) is 5.77. The molecule has 3 rings (SSSR count). The van der Waals surface area contributed by atoms with Gasteiger partial charge in [0.1, 0.15) is 0 Å². The molecule has 4 nitrogen and oxygen atoms in total. The van der Waals surface area contributed by atoms with E-state index in [4.69, 9.17) is 28.3 Å². The zero-order valence-corrected chi connectivity index (χ0v) is 17.3. The van der Waals surface area contributed by atoms with Gasteiger partial charge in [-0.1, -0.05) is 49.9 Å². The molecule has 0 saturated carbocycles. The van der Waals surface area contributed by atoms with Gasteiger partial charge in [0.15, 0.2) is 5.78 Å². The van der Waals surface area contributed by atoms with Crippen molar-refractivity contribution in [3.8, 4) is 0 Å². The Morgan fingerprint density at radius 1 is 1.15 bits per heavy atom. The van der Waals surface area contributed by atoms with Crippen LogP contribution in [0.3, 0.4) is 0 Å². The number of Topliss-reactive ketones (excluding diaryl/α,β-unsaturated/α-hetero) is 1. The highest BCUT2D eigenvalue weighted by atomic mass is 35.5. The lowest BCUT2D eigenvalue weighted by Gasteiger charge is -2.30. The number of benzene rings is 1. The molecule has 0 atom stereocenters. The average Bonchev–Trinajstić information content (AvgIpc) is 2.82. The number of carbonyl (C=O) groups excluding carboxylic acids is 1. The van der Waals surface area contributed by atoms with Gasteiger partial charge in [0.05, 0.1) is 10.5 Å². The van der Waals surface area contributed by atoms with Gasteiger partial charge < -0.3 is 9.67 Å². The van der Waals surface area contributed by atoms with Gasteiger partial charge in [0.2, 0.25) is 0 Å². The van der Waals surface area contributed by atoms with Crippen molar-refractivity contribution in [1.82, 2.24) is 4.57 Å². The molecular formula is C21H25Cl2NO3. The Kier molecular flexibility index (Phi) is 5.87. The summed E-state index contributed by atoms with van der Waals surface area (Å²) < 4.78 is 2.19. The van der Waals surface area contributed by atoms with Crippen LogP contribution in [0.2, 0.25) is 10.0 Å². The number of hydrogen-bond donors (Lipinski definition) is 1. The van der Waals surface area contributed by atoms with Gasteiger partial charge in [-0.15, -0.1) is 0 Å². The van der Waals surface area contributed by atoms with E-state index in [1.54, 1.807) is 6.07 Å². The van der Waals surface area contributed by atoms with Gasteiger partial charge in [0.25, 0.3) is 0 Å². The number of nitrogens with zero attached hydrogens (tertiary/aromatic N) is 1. The number of hydrogen-bond acceptors (Lipinski definition) is 2. The summed E-state index contributed by atoms with van der Waals surface area (Å²) >= 11 is 12.7. The van der Waals surface area contributed by atoms with E-state index < -0.39 is 5.97 Å². The third-order valence-electron chi connectivity index (χ3n) is 5.27. The molecule has 1 aliphatic carbocycles. The molecule has 1 aromatic carbocycles. The number of aliphatic carboxylic acids is 1. The Hall–Kier alpha value is -1.52. The van der Waals surface area contributed by atoms with Crippen molar-refractivity contribution in [3.63, 3.8) is 0 Å². The van der Waals surface area contributed by atoms with E-state index in [2.05, 4.69) is 18.4 Å². The van der Waals surface area contributed by atoms with Crippen molar-refractivity contribution in [2.75, 3.05) is 0 Å². The second-order valence-corrected chi connectivity index (χ2v) is 9.10. The van der Waals surface area contributed by atoms with Gasteiger partial charge in [0, 0.05) is 41.1 Å². The topological polar surface area (TPSA) is 59.3 Å². The molecule has 0 unspecified atom stereocenters. The quantitative estimate of drug-likeness (QED) is 0.558. The van der Waals surface area contributed by atoms with Crippen LogP contribution in [0.25, 0.3) is 10.9 Å². The lowest BCUT2D eigenvalue weighted by atomic mass is 9.75. The summed E-state index contributed by atoms with van der Waals surface area (Å²) in [4.78, 5) is 23.5. The van der Waals surface area contributed by atoms with Crippen LogP contribution in [0.15, 0.2) is 12.1 Å². The highest BCUT2D eigenvalue weighted by molar-refractivity contribution is 6.39. The Labute approximate surface area is 169 Å². The molecule has 1 aliphatic rings. The lowest BCUT2D eigenvalue weighted by molar-refractivity contribution is -0.137. The first kappa shape index (κ1) is 20.2. The summed E-state index contributed by atoms with van der Waals surface area (Å²) in [6, 6.07) is 3.58. The molecule has 6 heteroatoms. The van der Waals surface area contributed by atoms with E-state index in [-0.39, 0.29) is 17.6 Å². The fourth-order valence-corrected chi connectivity index (χ4v) is 4.73. The molecular weight excluding hydrogens is 385 g/mol. The van der Waals surface area contributed by atoms with Crippen LogP contribution in [-0.2, 0) is 17.8 Å². The predicted octanol–water partition coefficient (Wildman–Crippen LogP) is 6.14. The van der Waals surface area contributed by atoms with Gasteiger partial charge in [-0.25, -0.2) is 0 Å². The van der Waals surface area contributed by atoms with Crippen LogP contribution >= 0.6 is 23.2 Å². The van der Waals surface area contributed by atoms with Crippen LogP contribution in [0, 0.1) is 5.41 Å². The molecule has 2 aromatic rings. The van der Waals surface area contributed by atoms with Gasteiger partial charge in [-0.3, -0.25) is 9.59 Å². The van der Waals surface area contributed by atoms with Crippen LogP contribution < -0.4 is 0 Å². The monoisotopic (exact) mass is 409 g/mol. The molecule has 0 bridgehead atoms. The van der Waals surface area contributed by atoms with Crippen molar-refractivity contribution < 1.29 is 14.7 Å². The smallest absolute Gasteiger partial charge is 0.303 e. The Bertz CT molecular complexity index is 899. The van der Waals surface area contributed by atoms with Crippen LogP contribution in [0.4, 0.5) is 0 Å². The number of unbranched alkanes of at least 4 members (excludes halogenated alkanes) is 3. The zero-order valence-electron chi connectivity index (χ0n) is 15.8. The molecule has 0 aliphatic heterocycles. The van der Waals surface area contributed by atoms with Crippen LogP contribution in [0.1, 0.15) is 68.4 Å². The fraction of sp³-hybridized carbons (Fsp3) is 0.524. The lowest BCUT2D eigenvalue weighted by Crippen LogP contribution is -2.28. The fourth-order valence-electron chi connectivity index (χ4n) is 4.14. The summed E-state index contributed by atoms with van der Waals surface area (Å²) in [5.74, 6) is -0.588. The third kappa shape index (κ3) is 4.33. The number of carboxylic acid groups (broad SMARTS) is 1. The van der Waals surface area contributed by atoms with E-state index in [0.29, 0.717) is 22.9 Å². The molecule has 0 saturated heterocycles. The van der Waals surface area contributed by atoms with E-state index in [1.807, 2.05) is 6.07 Å². The van der Waals surface area contributed by atoms with Gasteiger partial charge in [-0.2, -0.15) is 0 Å². The second kappa shape index (κ2) is 7.84. The first-order valence-electron chi connectivity index (χ1n) is 9.45. The number of ketones is 1. The standard InChI is InChI=1S/C21H25Cl2NO3/c1-21(2)11-16-19(17(25)12-21)14-9-13(22)10-15(23)20(14)24(16)8-6-4-3-5-7-18(26)27/h9-10H,3-8,11-12H2,1-2H3,(H,26,27). The maximum absolute atomic E-state index is 12.9. The largest absolute Gasteiger partial charge is 0.481 e. The Morgan fingerprint density at radius 2 is 1.85 bits per heavy atom. The molecule has 1 heterocycles. The molecule has 1 N–H and O–H groups in total. The van der Waals surface area contributed by atoms with Crippen molar-refractivity contribution in [3.05, 3.63) is 33.4 Å². The summed E-state index contributed by atoms with van der Waals surface area (Å²) in [6.07, 6.45) is 5.02. The minimum atomic E-state index is -0.745. The molecule has 0 fully saturated rings. The number of aryl methyl sites for hydroxylation is 1. The van der Waals surface area contributed by atoms with Crippen LogP contribution in [-0.4, -0.2) is 21.4 Å². The van der Waals surface area contributed by atoms with Crippen molar-refractivity contribution >= 4 is 45.9 Å². The van der Waals surface area contributed by atoms with E-state index in [9.17, 15) is 9.59 Å². The minimum absolute atomic E-state index is 0.0754. The number of halogens is 2. The van der Waals surface area contributed by atoms with E-state index in [1.165, 1.54) is 0 Å². The summed E-state index contributed by atoms with van der Waals surface area (Å²) in [7, 11) is 0. The maximum atomic E-state index is 12.9. The summed E-state index contributed by atoms with van der Waals surface area (Å²) in [5.41, 5.74) is 2.65. The Balaban J connectivity index is 1.92. The van der Waals surface area contributed by atoms with Gasteiger partial charge >= 0.3 is 5.97 Å². The maximum Gasteiger partial charge on any atom is 0.303 e. The summed E-state index contributed by atoms with van der Waals surface area (Å²) in [5, 5.41) is 10.7. The highest BCUT2D eigenvalue weighted by Crippen LogP contribution is 2.42. The van der Waals surface area contributed by atoms with Crippen molar-refractivity contribution in [2.24, 2.45) is 5.41 Å². The number of rotatable bonds is 7. The van der Waals surface area contributed by atoms with Crippen molar-refractivity contribution in [1.29, 1.82) is 0 Å². The number of fused-ring (bicyclic) bond motifs is 3. The predicted molar refractivity (Wildman–Crippen MR) is 109 cm³/mol. The van der Waals surface area contributed by atoms with Crippen molar-refractivity contribution in [2.45, 2.75) is 65.3 Å². The number of carboxylic acids is 1. The number of carbonyl (C=O) groups is 2. The zero-order chi connectivity index (χ0) is 19.8. The second-order valence-electron chi connectivity index (χ2n) is 8.26. The van der Waals surface area contributed by atoms with E-state index >= 15 is 0 Å². The highest BCUT2D eigenvalue weighted by Gasteiger charge is 2.35. The average molecular weight is 410 g/mol. The molecule has 0 amide bonds. The normalized spacial score (nSPS) is 15.9. The molecule has 0 spiro atoms. The first-order chi connectivity index (χ1) is 12.7. The molecule has 0 radical (unpaired) electrons.